The Morgan fingerprint density at radius 3 is 2.67 bits per heavy atom. The smallest absolute Gasteiger partial charge is 0.251 e. The number of carbonyl (C=O) groups is 2. The first-order valence-electron chi connectivity index (χ1n) is 8.55. The van der Waals surface area contributed by atoms with E-state index in [4.69, 9.17) is 10.5 Å². The van der Waals surface area contributed by atoms with Gasteiger partial charge in [-0.3, -0.25) is 9.59 Å². The third kappa shape index (κ3) is 6.00. The Labute approximate surface area is 168 Å². The topological polar surface area (TPSA) is 106 Å². The highest BCUT2D eigenvalue weighted by Crippen LogP contribution is 2.19. The zero-order valence-electron chi connectivity index (χ0n) is 14.7. The van der Waals surface area contributed by atoms with Crippen LogP contribution < -0.4 is 16.4 Å². The molecule has 2 heterocycles. The van der Waals surface area contributed by atoms with Crippen molar-refractivity contribution < 1.29 is 14.3 Å². The Morgan fingerprint density at radius 1 is 1.19 bits per heavy atom. The maximum absolute atomic E-state index is 12.1. The summed E-state index contributed by atoms with van der Waals surface area (Å²) in [6.45, 7) is 1.14. The first-order chi connectivity index (χ1) is 12.7. The van der Waals surface area contributed by atoms with Crippen molar-refractivity contribution in [1.29, 1.82) is 0 Å². The van der Waals surface area contributed by atoms with Gasteiger partial charge in [0.15, 0.2) is 0 Å². The maximum Gasteiger partial charge on any atom is 0.251 e. The molecular formula is C18H23ClN4O3S. The van der Waals surface area contributed by atoms with Crippen molar-refractivity contribution >= 4 is 35.6 Å². The molecule has 2 aromatic rings. The summed E-state index contributed by atoms with van der Waals surface area (Å²) in [5.74, 6) is -0.267. The number of aromatic nitrogens is 1. The van der Waals surface area contributed by atoms with E-state index >= 15 is 0 Å². The number of amides is 2. The molecule has 2 amide bonds. The SMILES string of the molecule is Cl.NC[C@H]1CC[C@@H](C(=O)NCc2csc(CNC(=O)c3ccccc3)n2)O1. The standard InChI is InChI=1S/C18H22N4O3S.ClH/c19-8-14-6-7-15(25-14)18(24)20-9-13-11-26-16(22-13)10-21-17(23)12-4-2-1-3-5-12;/h1-5,11,14-15H,6-10,19H2,(H,20,24)(H,21,23);1H/t14-,15+;/m1./s1. The summed E-state index contributed by atoms with van der Waals surface area (Å²) in [6.07, 6.45) is 1.06. The molecule has 0 spiro atoms. The van der Waals surface area contributed by atoms with E-state index in [0.717, 1.165) is 17.1 Å². The zero-order chi connectivity index (χ0) is 18.4. The average molecular weight is 411 g/mol. The molecule has 4 N–H and O–H groups in total. The lowest BCUT2D eigenvalue weighted by Gasteiger charge is -2.11. The molecule has 1 fully saturated rings. The molecule has 9 heteroatoms. The fourth-order valence-electron chi connectivity index (χ4n) is 2.72. The minimum absolute atomic E-state index is 0. The quantitative estimate of drug-likeness (QED) is 0.643. The largest absolute Gasteiger partial charge is 0.364 e. The normalized spacial score (nSPS) is 18.6. The van der Waals surface area contributed by atoms with Gasteiger partial charge in [-0.1, -0.05) is 18.2 Å². The van der Waals surface area contributed by atoms with Gasteiger partial charge in [0.05, 0.1) is 24.9 Å². The van der Waals surface area contributed by atoms with E-state index in [2.05, 4.69) is 15.6 Å². The van der Waals surface area contributed by atoms with E-state index in [1.165, 1.54) is 11.3 Å². The lowest BCUT2D eigenvalue weighted by molar-refractivity contribution is -0.132. The van der Waals surface area contributed by atoms with Gasteiger partial charge in [-0.05, 0) is 25.0 Å². The van der Waals surface area contributed by atoms with Crippen LogP contribution >= 0.6 is 23.7 Å². The maximum atomic E-state index is 12.1. The fraction of sp³-hybridized carbons (Fsp3) is 0.389. The highest BCUT2D eigenvalue weighted by Gasteiger charge is 2.29. The number of nitrogens with zero attached hydrogens (tertiary/aromatic N) is 1. The monoisotopic (exact) mass is 410 g/mol. The molecule has 1 aromatic heterocycles. The summed E-state index contributed by atoms with van der Waals surface area (Å²) < 4.78 is 5.57. The Balaban J connectivity index is 0.00000261. The van der Waals surface area contributed by atoms with Gasteiger partial charge < -0.3 is 21.1 Å². The van der Waals surface area contributed by atoms with Crippen molar-refractivity contribution in [1.82, 2.24) is 15.6 Å². The number of hydrogen-bond donors (Lipinski definition) is 3. The van der Waals surface area contributed by atoms with Crippen LogP contribution in [0.4, 0.5) is 0 Å². The Bertz CT molecular complexity index is 756. The molecule has 0 radical (unpaired) electrons. The van der Waals surface area contributed by atoms with Crippen LogP contribution in [0.3, 0.4) is 0 Å². The molecule has 0 saturated carbocycles. The number of carbonyl (C=O) groups excluding carboxylic acids is 2. The molecule has 7 nitrogen and oxygen atoms in total. The molecule has 1 aliphatic rings. The molecule has 1 saturated heterocycles. The summed E-state index contributed by atoms with van der Waals surface area (Å²) in [5.41, 5.74) is 6.93. The first kappa shape index (κ1) is 21.3. The second-order valence-electron chi connectivity index (χ2n) is 6.06. The van der Waals surface area contributed by atoms with Gasteiger partial charge in [-0.15, -0.1) is 23.7 Å². The third-order valence-corrected chi connectivity index (χ3v) is 5.04. The third-order valence-electron chi connectivity index (χ3n) is 4.14. The van der Waals surface area contributed by atoms with Crippen LogP contribution in [-0.4, -0.2) is 35.6 Å². The molecular weight excluding hydrogens is 388 g/mol. The highest BCUT2D eigenvalue weighted by atomic mass is 35.5. The molecule has 0 unspecified atom stereocenters. The van der Waals surface area contributed by atoms with Gasteiger partial charge >= 0.3 is 0 Å². The minimum atomic E-state index is -0.424. The summed E-state index contributed by atoms with van der Waals surface area (Å²) in [6, 6.07) is 9.04. The van der Waals surface area contributed by atoms with Gasteiger partial charge in [-0.2, -0.15) is 0 Å². The van der Waals surface area contributed by atoms with Gasteiger partial charge in [0.25, 0.3) is 5.91 Å². The van der Waals surface area contributed by atoms with E-state index in [1.54, 1.807) is 12.1 Å². The zero-order valence-corrected chi connectivity index (χ0v) is 16.4. The average Bonchev–Trinajstić information content (AvgIpc) is 3.34. The number of rotatable bonds is 7. The molecule has 3 rings (SSSR count). The number of ether oxygens (including phenoxy) is 1. The van der Waals surface area contributed by atoms with Crippen molar-refractivity contribution in [2.75, 3.05) is 6.54 Å². The second kappa shape index (κ2) is 10.4. The Hall–Kier alpha value is -2.00. The lowest BCUT2D eigenvalue weighted by atomic mass is 10.2. The van der Waals surface area contributed by atoms with Gasteiger partial charge in [-0.25, -0.2) is 4.98 Å². The van der Waals surface area contributed by atoms with E-state index in [9.17, 15) is 9.59 Å². The fourth-order valence-corrected chi connectivity index (χ4v) is 3.46. The van der Waals surface area contributed by atoms with Gasteiger partial charge in [0.2, 0.25) is 5.91 Å². The molecule has 0 aliphatic carbocycles. The number of halogens is 1. The van der Waals surface area contributed by atoms with E-state index in [1.807, 2.05) is 23.6 Å². The second-order valence-corrected chi connectivity index (χ2v) is 7.00. The molecule has 1 aliphatic heterocycles. The Morgan fingerprint density at radius 2 is 1.96 bits per heavy atom. The van der Waals surface area contributed by atoms with Crippen LogP contribution in [0.15, 0.2) is 35.7 Å². The van der Waals surface area contributed by atoms with Crippen molar-refractivity contribution in [2.24, 2.45) is 5.73 Å². The molecule has 146 valence electrons. The number of hydrogen-bond acceptors (Lipinski definition) is 6. The molecule has 27 heavy (non-hydrogen) atoms. The van der Waals surface area contributed by atoms with Crippen molar-refractivity contribution in [3.05, 3.63) is 52.0 Å². The van der Waals surface area contributed by atoms with Crippen molar-refractivity contribution in [3.63, 3.8) is 0 Å². The number of nitrogens with one attached hydrogen (secondary N) is 2. The van der Waals surface area contributed by atoms with E-state index in [0.29, 0.717) is 31.6 Å². The minimum Gasteiger partial charge on any atom is -0.364 e. The predicted molar refractivity (Wildman–Crippen MR) is 106 cm³/mol. The lowest BCUT2D eigenvalue weighted by Crippen LogP contribution is -2.35. The predicted octanol–water partition coefficient (Wildman–Crippen LogP) is 1.62. The number of nitrogens with two attached hydrogens (primary N) is 1. The first-order valence-corrected chi connectivity index (χ1v) is 9.43. The number of thiazole rings is 1. The van der Waals surface area contributed by atoms with Gasteiger partial charge in [0, 0.05) is 17.5 Å². The van der Waals surface area contributed by atoms with Crippen LogP contribution in [0.5, 0.6) is 0 Å². The number of benzene rings is 1. The summed E-state index contributed by atoms with van der Waals surface area (Å²) in [7, 11) is 0. The van der Waals surface area contributed by atoms with Crippen LogP contribution in [0.2, 0.25) is 0 Å². The highest BCUT2D eigenvalue weighted by molar-refractivity contribution is 7.09. The van der Waals surface area contributed by atoms with Crippen LogP contribution in [0.25, 0.3) is 0 Å². The van der Waals surface area contributed by atoms with Gasteiger partial charge in [0.1, 0.15) is 11.1 Å². The Kier molecular flexibility index (Phi) is 8.18. The molecule has 2 atom stereocenters. The summed E-state index contributed by atoms with van der Waals surface area (Å²) >= 11 is 1.45. The van der Waals surface area contributed by atoms with Crippen molar-refractivity contribution in [3.8, 4) is 0 Å². The van der Waals surface area contributed by atoms with Crippen LogP contribution in [0, 0.1) is 0 Å². The van der Waals surface area contributed by atoms with Crippen LogP contribution in [-0.2, 0) is 22.6 Å². The molecule has 0 bridgehead atoms. The summed E-state index contributed by atoms with van der Waals surface area (Å²) in [4.78, 5) is 28.6. The van der Waals surface area contributed by atoms with Crippen LogP contribution in [0.1, 0.15) is 33.9 Å². The van der Waals surface area contributed by atoms with E-state index in [-0.39, 0.29) is 30.3 Å². The summed E-state index contributed by atoms with van der Waals surface area (Å²) in [5, 5.41) is 8.35. The van der Waals surface area contributed by atoms with E-state index < -0.39 is 6.10 Å². The van der Waals surface area contributed by atoms with Crippen molar-refractivity contribution in [2.45, 2.75) is 38.1 Å². The molecule has 1 aromatic carbocycles.